The van der Waals surface area contributed by atoms with Crippen molar-refractivity contribution in [1.29, 1.82) is 0 Å². The van der Waals surface area contributed by atoms with Crippen LogP contribution in [0.25, 0.3) is 22.0 Å². The topological polar surface area (TPSA) is 104 Å². The lowest BCUT2D eigenvalue weighted by Crippen LogP contribution is -2.38. The van der Waals surface area contributed by atoms with Crippen molar-refractivity contribution in [3.63, 3.8) is 0 Å². The largest absolute Gasteiger partial charge is 0.437 e. The van der Waals surface area contributed by atoms with Gasteiger partial charge in [-0.05, 0) is 69.5 Å². The predicted molar refractivity (Wildman–Crippen MR) is 148 cm³/mol. The van der Waals surface area contributed by atoms with Gasteiger partial charge in [-0.25, -0.2) is 15.0 Å². The van der Waals surface area contributed by atoms with Gasteiger partial charge in [0.05, 0.1) is 17.4 Å². The summed E-state index contributed by atoms with van der Waals surface area (Å²) in [6.45, 7) is 6.49. The number of nitrogens with one attached hydrogen (secondary N) is 3. The van der Waals surface area contributed by atoms with Crippen molar-refractivity contribution in [3.05, 3.63) is 66.5 Å². The second kappa shape index (κ2) is 11.5. The Bertz CT molecular complexity index is 1350. The van der Waals surface area contributed by atoms with E-state index in [1.54, 1.807) is 19.3 Å². The first-order valence-electron chi connectivity index (χ1n) is 13.0. The first kappa shape index (κ1) is 24.9. The quantitative estimate of drug-likeness (QED) is 0.252. The van der Waals surface area contributed by atoms with E-state index in [9.17, 15) is 5.11 Å². The maximum Gasteiger partial charge on any atom is 0.228 e. The van der Waals surface area contributed by atoms with Crippen LogP contribution >= 0.6 is 0 Å². The van der Waals surface area contributed by atoms with E-state index < -0.39 is 0 Å². The molecule has 2 atom stereocenters. The molecule has 0 unspecified atom stereocenters. The van der Waals surface area contributed by atoms with E-state index in [-0.39, 0.29) is 6.10 Å². The number of anilines is 2. The maximum atomic E-state index is 9.62. The van der Waals surface area contributed by atoms with Gasteiger partial charge in [0, 0.05) is 48.0 Å². The summed E-state index contributed by atoms with van der Waals surface area (Å²) in [4.78, 5) is 13.8. The molecule has 0 spiro atoms. The average Bonchev–Trinajstić information content (AvgIpc) is 2.91. The minimum absolute atomic E-state index is 0.315. The van der Waals surface area contributed by atoms with Crippen LogP contribution in [0.15, 0.2) is 60.9 Å². The summed E-state index contributed by atoms with van der Waals surface area (Å²) in [7, 11) is 0. The highest BCUT2D eigenvalue weighted by molar-refractivity contribution is 5.98. The van der Waals surface area contributed by atoms with E-state index >= 15 is 0 Å². The van der Waals surface area contributed by atoms with Gasteiger partial charge in [0.25, 0.3) is 0 Å². The van der Waals surface area contributed by atoms with Crippen LogP contribution in [-0.2, 0) is 0 Å². The number of aliphatic hydroxyl groups is 1. The lowest BCUT2D eigenvalue weighted by Gasteiger charge is -2.23. The average molecular weight is 499 g/mol. The monoisotopic (exact) mass is 498 g/mol. The van der Waals surface area contributed by atoms with Crippen LogP contribution in [0.4, 0.5) is 11.6 Å². The lowest BCUT2D eigenvalue weighted by molar-refractivity contribution is 0.189. The van der Waals surface area contributed by atoms with Crippen LogP contribution in [0.1, 0.15) is 31.7 Å². The zero-order chi connectivity index (χ0) is 25.6. The van der Waals surface area contributed by atoms with Crippen LogP contribution in [-0.4, -0.2) is 51.8 Å². The number of ether oxygens (including phenoxy) is 1. The number of fused-ring (bicyclic) bond motifs is 1. The van der Waals surface area contributed by atoms with Crippen LogP contribution < -0.4 is 20.7 Å². The highest BCUT2D eigenvalue weighted by atomic mass is 16.5. The number of rotatable bonds is 9. The zero-order valence-corrected chi connectivity index (χ0v) is 21.4. The third-order valence-electron chi connectivity index (χ3n) is 6.62. The molecule has 1 aliphatic rings. The fourth-order valence-corrected chi connectivity index (χ4v) is 4.64. The van der Waals surface area contributed by atoms with Crippen molar-refractivity contribution in [2.24, 2.45) is 0 Å². The second-order valence-electron chi connectivity index (χ2n) is 9.59. The Morgan fingerprint density at radius 1 is 1.08 bits per heavy atom. The molecule has 5 rings (SSSR count). The number of piperidine rings is 1. The maximum absolute atomic E-state index is 9.62. The van der Waals surface area contributed by atoms with Gasteiger partial charge in [0.2, 0.25) is 11.8 Å². The number of pyridine rings is 1. The first-order valence-corrected chi connectivity index (χ1v) is 13.0. The molecule has 1 fully saturated rings. The molecule has 192 valence electrons. The summed E-state index contributed by atoms with van der Waals surface area (Å²) in [5, 5.41) is 22.0. The summed E-state index contributed by atoms with van der Waals surface area (Å²) < 4.78 is 6.53. The molecule has 0 bridgehead atoms. The van der Waals surface area contributed by atoms with Gasteiger partial charge in [-0.15, -0.1) is 0 Å². The Kier molecular flexibility index (Phi) is 7.77. The Morgan fingerprint density at radius 2 is 2.00 bits per heavy atom. The van der Waals surface area contributed by atoms with Crippen LogP contribution in [0.2, 0.25) is 0 Å². The van der Waals surface area contributed by atoms with Crippen molar-refractivity contribution in [1.82, 2.24) is 20.3 Å². The van der Waals surface area contributed by atoms with Crippen molar-refractivity contribution in [2.45, 2.75) is 45.3 Å². The van der Waals surface area contributed by atoms with E-state index in [4.69, 9.17) is 9.72 Å². The van der Waals surface area contributed by atoms with Crippen LogP contribution in [0.3, 0.4) is 0 Å². The molecular weight excluding hydrogens is 464 g/mol. The predicted octanol–water partition coefficient (Wildman–Crippen LogP) is 5.14. The molecule has 1 saturated heterocycles. The Hall–Kier alpha value is -3.75. The normalized spacial score (nSPS) is 16.4. The summed E-state index contributed by atoms with van der Waals surface area (Å²) in [6.07, 6.45) is 6.07. The minimum Gasteiger partial charge on any atom is -0.437 e. The van der Waals surface area contributed by atoms with Crippen molar-refractivity contribution in [3.8, 4) is 22.9 Å². The Labute approximate surface area is 217 Å². The number of aryl methyl sites for hydroxylation is 1. The fraction of sp³-hybridized carbons (Fsp3) is 0.345. The Balaban J connectivity index is 1.44. The molecule has 0 saturated carbocycles. The molecule has 37 heavy (non-hydrogen) atoms. The molecule has 2 aromatic heterocycles. The SMILES string of the molecule is Cc1ccc2c(NCC[C@@H](C)O)cccc2c1Oc1ncccc1-c1ccnc(N[C@H]2CCCNC2)n1. The smallest absolute Gasteiger partial charge is 0.228 e. The summed E-state index contributed by atoms with van der Waals surface area (Å²) >= 11 is 0. The molecule has 4 aromatic rings. The first-order chi connectivity index (χ1) is 18.1. The number of aliphatic hydroxyl groups excluding tert-OH is 1. The molecule has 8 heteroatoms. The second-order valence-corrected chi connectivity index (χ2v) is 9.59. The molecule has 0 amide bonds. The van der Waals surface area contributed by atoms with E-state index in [1.165, 1.54) is 0 Å². The zero-order valence-electron chi connectivity index (χ0n) is 21.4. The van der Waals surface area contributed by atoms with Gasteiger partial charge in [-0.1, -0.05) is 24.3 Å². The number of benzene rings is 2. The standard InChI is InChI=1S/C29H34N6O2/c1-19-10-11-22-23(7-3-9-25(22)31-16-12-20(2)36)27(19)37-28-24(8-5-15-32-28)26-13-17-33-29(35-26)34-21-6-4-14-30-18-21/h3,5,7-11,13,15,17,20-21,30-31,36H,4,6,12,14,16,18H2,1-2H3,(H,33,34,35)/t20-,21+/m1/s1. The minimum atomic E-state index is -0.344. The van der Waals surface area contributed by atoms with Gasteiger partial charge in [0.15, 0.2) is 0 Å². The van der Waals surface area contributed by atoms with Crippen molar-refractivity contribution < 1.29 is 9.84 Å². The number of hydrogen-bond donors (Lipinski definition) is 4. The molecule has 1 aliphatic heterocycles. The lowest BCUT2D eigenvalue weighted by atomic mass is 10.0. The number of aromatic nitrogens is 3. The summed E-state index contributed by atoms with van der Waals surface area (Å²) in [5.41, 5.74) is 3.58. The third-order valence-corrected chi connectivity index (χ3v) is 6.62. The van der Waals surface area contributed by atoms with E-state index in [0.29, 0.717) is 30.8 Å². The number of nitrogens with zero attached hydrogens (tertiary/aromatic N) is 3. The van der Waals surface area contributed by atoms with Gasteiger partial charge in [-0.3, -0.25) is 0 Å². The van der Waals surface area contributed by atoms with Crippen molar-refractivity contribution in [2.75, 3.05) is 30.3 Å². The van der Waals surface area contributed by atoms with Gasteiger partial charge in [0.1, 0.15) is 5.75 Å². The molecule has 4 N–H and O–H groups in total. The summed E-state index contributed by atoms with van der Waals surface area (Å²) in [5.74, 6) is 1.86. The van der Waals surface area contributed by atoms with E-state index in [1.807, 2.05) is 37.3 Å². The molecule has 0 radical (unpaired) electrons. The third kappa shape index (κ3) is 5.98. The van der Waals surface area contributed by atoms with Gasteiger partial charge >= 0.3 is 0 Å². The molecule has 8 nitrogen and oxygen atoms in total. The highest BCUT2D eigenvalue weighted by Crippen LogP contribution is 2.38. The molecule has 3 heterocycles. The van der Waals surface area contributed by atoms with Crippen LogP contribution in [0, 0.1) is 6.92 Å². The van der Waals surface area contributed by atoms with E-state index in [0.717, 1.165) is 65.0 Å². The molecule has 2 aromatic carbocycles. The van der Waals surface area contributed by atoms with Gasteiger partial charge in [-0.2, -0.15) is 0 Å². The highest BCUT2D eigenvalue weighted by Gasteiger charge is 2.17. The van der Waals surface area contributed by atoms with E-state index in [2.05, 4.69) is 44.1 Å². The molecule has 0 aliphatic carbocycles. The van der Waals surface area contributed by atoms with Crippen molar-refractivity contribution >= 4 is 22.4 Å². The summed E-state index contributed by atoms with van der Waals surface area (Å²) in [6, 6.07) is 16.3. The fourth-order valence-electron chi connectivity index (χ4n) is 4.64. The van der Waals surface area contributed by atoms with Crippen LogP contribution in [0.5, 0.6) is 11.6 Å². The Morgan fingerprint density at radius 3 is 2.84 bits per heavy atom. The van der Waals surface area contributed by atoms with Gasteiger partial charge < -0.3 is 25.8 Å². The molecular formula is C29H34N6O2. The number of hydrogen-bond acceptors (Lipinski definition) is 8.